The zero-order valence-corrected chi connectivity index (χ0v) is 17.4. The Kier molecular flexibility index (Phi) is 4.91. The van der Waals surface area contributed by atoms with E-state index in [0.717, 1.165) is 46.5 Å². The highest BCUT2D eigenvalue weighted by atomic mass is 16.5. The van der Waals surface area contributed by atoms with Crippen LogP contribution in [0.2, 0.25) is 0 Å². The van der Waals surface area contributed by atoms with Crippen LogP contribution in [0.15, 0.2) is 54.7 Å². The van der Waals surface area contributed by atoms with Gasteiger partial charge in [0.25, 0.3) is 0 Å². The molecule has 1 aliphatic rings. The third-order valence-corrected chi connectivity index (χ3v) is 5.81. The topological polar surface area (TPSA) is 56.1 Å². The van der Waals surface area contributed by atoms with Crippen LogP contribution in [0.1, 0.15) is 38.3 Å². The Morgan fingerprint density at radius 1 is 1.03 bits per heavy atom. The second kappa shape index (κ2) is 7.39. The third kappa shape index (κ3) is 3.31. The highest BCUT2D eigenvalue weighted by molar-refractivity contribution is 5.87. The first-order valence-electron chi connectivity index (χ1n) is 10.0. The number of methoxy groups -OCH3 is 1. The Bertz CT molecular complexity index is 1010. The molecule has 29 heavy (non-hydrogen) atoms. The van der Waals surface area contributed by atoms with Crippen molar-refractivity contribution in [2.24, 2.45) is 0 Å². The van der Waals surface area contributed by atoms with Gasteiger partial charge in [-0.3, -0.25) is 4.79 Å². The highest BCUT2D eigenvalue weighted by Crippen LogP contribution is 2.49. The summed E-state index contributed by atoms with van der Waals surface area (Å²) in [4.78, 5) is 12.1. The minimum atomic E-state index is -0.419. The number of esters is 1. The molecule has 0 radical (unpaired) electrons. The van der Waals surface area contributed by atoms with E-state index in [1.165, 1.54) is 7.11 Å². The molecule has 1 fully saturated rings. The number of rotatable bonds is 6. The van der Waals surface area contributed by atoms with Crippen molar-refractivity contribution in [2.75, 3.05) is 19.5 Å². The number of aromatic nitrogens is 2. The quantitative estimate of drug-likeness (QED) is 0.600. The van der Waals surface area contributed by atoms with Gasteiger partial charge in [-0.2, -0.15) is 5.10 Å². The summed E-state index contributed by atoms with van der Waals surface area (Å²) in [6.45, 7) is 4.24. The van der Waals surface area contributed by atoms with E-state index >= 15 is 0 Å². The van der Waals surface area contributed by atoms with Gasteiger partial charge in [-0.05, 0) is 48.9 Å². The molecular weight excluding hydrogens is 362 g/mol. The number of hydrogen-bond donors (Lipinski definition) is 1. The van der Waals surface area contributed by atoms with E-state index in [2.05, 4.69) is 72.8 Å². The number of carbonyl (C=O) groups is 1. The molecule has 1 heterocycles. The molecule has 5 nitrogen and oxygen atoms in total. The van der Waals surface area contributed by atoms with E-state index in [9.17, 15) is 4.79 Å². The van der Waals surface area contributed by atoms with Gasteiger partial charge >= 0.3 is 5.97 Å². The number of carbonyl (C=O) groups excluding carboxylic acids is 1. The standard InChI is InChI=1S/C24H27N3O2/c1-16(2)27-22(25-3)21(15-26-27)19-7-5-17(6-8-19)18-9-11-20(12-10-18)24(13-14-24)23(28)29-4/h5-12,15-16,25H,13-14H2,1-4H3. The van der Waals surface area contributed by atoms with Crippen molar-refractivity contribution in [1.29, 1.82) is 0 Å². The van der Waals surface area contributed by atoms with Gasteiger partial charge < -0.3 is 10.1 Å². The van der Waals surface area contributed by atoms with Gasteiger partial charge in [-0.25, -0.2) is 4.68 Å². The lowest BCUT2D eigenvalue weighted by Gasteiger charge is -2.14. The van der Waals surface area contributed by atoms with Crippen LogP contribution in [0.3, 0.4) is 0 Å². The number of benzene rings is 2. The molecule has 1 aromatic heterocycles. The van der Waals surface area contributed by atoms with E-state index < -0.39 is 5.41 Å². The van der Waals surface area contributed by atoms with Crippen LogP contribution >= 0.6 is 0 Å². The van der Waals surface area contributed by atoms with Crippen molar-refractivity contribution < 1.29 is 9.53 Å². The molecule has 3 aromatic rings. The maximum Gasteiger partial charge on any atom is 0.316 e. The SMILES string of the molecule is CNc1c(-c2ccc(-c3ccc(C4(C(=O)OC)CC4)cc3)cc2)cnn1C(C)C. The zero-order chi connectivity index (χ0) is 20.6. The van der Waals surface area contributed by atoms with Crippen molar-refractivity contribution in [3.63, 3.8) is 0 Å². The second-order valence-corrected chi connectivity index (χ2v) is 7.92. The molecule has 1 N–H and O–H groups in total. The lowest BCUT2D eigenvalue weighted by atomic mass is 9.93. The van der Waals surface area contributed by atoms with Crippen LogP contribution < -0.4 is 5.32 Å². The predicted molar refractivity (Wildman–Crippen MR) is 116 cm³/mol. The lowest BCUT2D eigenvalue weighted by Crippen LogP contribution is -2.21. The molecule has 1 aliphatic carbocycles. The van der Waals surface area contributed by atoms with Gasteiger partial charge in [-0.15, -0.1) is 0 Å². The predicted octanol–water partition coefficient (Wildman–Crippen LogP) is 5.04. The lowest BCUT2D eigenvalue weighted by molar-refractivity contribution is -0.143. The van der Waals surface area contributed by atoms with Crippen molar-refractivity contribution >= 4 is 11.8 Å². The van der Waals surface area contributed by atoms with Crippen LogP contribution in [-0.4, -0.2) is 29.9 Å². The average Bonchev–Trinajstić information content (AvgIpc) is 3.45. The largest absolute Gasteiger partial charge is 0.468 e. The first kappa shape index (κ1) is 19.2. The minimum Gasteiger partial charge on any atom is -0.468 e. The molecule has 0 unspecified atom stereocenters. The van der Waals surface area contributed by atoms with Crippen LogP contribution in [-0.2, 0) is 14.9 Å². The van der Waals surface area contributed by atoms with E-state index in [4.69, 9.17) is 4.74 Å². The smallest absolute Gasteiger partial charge is 0.316 e. The van der Waals surface area contributed by atoms with Crippen molar-refractivity contribution in [2.45, 2.75) is 38.1 Å². The van der Waals surface area contributed by atoms with Gasteiger partial charge in [0.2, 0.25) is 0 Å². The molecule has 150 valence electrons. The Hall–Kier alpha value is -3.08. The van der Waals surface area contributed by atoms with Gasteiger partial charge in [0.05, 0.1) is 18.7 Å². The first-order chi connectivity index (χ1) is 14.0. The van der Waals surface area contributed by atoms with Crippen molar-refractivity contribution in [3.8, 4) is 22.3 Å². The molecule has 0 bridgehead atoms. The fourth-order valence-electron chi connectivity index (χ4n) is 3.97. The van der Waals surface area contributed by atoms with Gasteiger partial charge in [0, 0.05) is 18.7 Å². The normalized spacial score (nSPS) is 14.7. The highest BCUT2D eigenvalue weighted by Gasteiger charge is 2.52. The summed E-state index contributed by atoms with van der Waals surface area (Å²) >= 11 is 0. The van der Waals surface area contributed by atoms with E-state index in [-0.39, 0.29) is 5.97 Å². The molecule has 1 saturated carbocycles. The maximum atomic E-state index is 12.1. The maximum absolute atomic E-state index is 12.1. The van der Waals surface area contributed by atoms with Crippen LogP contribution in [0.4, 0.5) is 5.82 Å². The number of anilines is 1. The molecule has 0 saturated heterocycles. The van der Waals surface area contributed by atoms with Gasteiger partial charge in [0.15, 0.2) is 0 Å². The summed E-state index contributed by atoms with van der Waals surface area (Å²) in [7, 11) is 3.39. The third-order valence-electron chi connectivity index (χ3n) is 5.81. The average molecular weight is 389 g/mol. The van der Waals surface area contributed by atoms with Crippen LogP contribution in [0.5, 0.6) is 0 Å². The number of nitrogens with one attached hydrogen (secondary N) is 1. The van der Waals surface area contributed by atoms with Crippen LogP contribution in [0.25, 0.3) is 22.3 Å². The monoisotopic (exact) mass is 389 g/mol. The molecule has 0 atom stereocenters. The summed E-state index contributed by atoms with van der Waals surface area (Å²) < 4.78 is 6.98. The van der Waals surface area contributed by atoms with Crippen molar-refractivity contribution in [3.05, 3.63) is 60.3 Å². The van der Waals surface area contributed by atoms with Gasteiger partial charge in [-0.1, -0.05) is 48.5 Å². The van der Waals surface area contributed by atoms with E-state index in [1.807, 2.05) is 17.9 Å². The summed E-state index contributed by atoms with van der Waals surface area (Å²) in [5, 5.41) is 7.79. The minimum absolute atomic E-state index is 0.128. The number of nitrogens with zero attached hydrogens (tertiary/aromatic N) is 2. The molecule has 5 heteroatoms. The zero-order valence-electron chi connectivity index (χ0n) is 17.4. The molecule has 2 aromatic carbocycles. The van der Waals surface area contributed by atoms with Crippen LogP contribution in [0, 0.1) is 0 Å². The Morgan fingerprint density at radius 2 is 1.59 bits per heavy atom. The summed E-state index contributed by atoms with van der Waals surface area (Å²) in [5.74, 6) is 0.895. The fourth-order valence-corrected chi connectivity index (χ4v) is 3.97. The molecule has 0 spiro atoms. The van der Waals surface area contributed by atoms with E-state index in [0.29, 0.717) is 6.04 Å². The number of ether oxygens (including phenoxy) is 1. The Balaban J connectivity index is 1.58. The summed E-state index contributed by atoms with van der Waals surface area (Å²) in [5.41, 5.74) is 5.13. The Labute approximate surface area is 171 Å². The molecule has 4 rings (SSSR count). The molecular formula is C24H27N3O2. The van der Waals surface area contributed by atoms with Crippen molar-refractivity contribution in [1.82, 2.24) is 9.78 Å². The van der Waals surface area contributed by atoms with Gasteiger partial charge in [0.1, 0.15) is 5.82 Å². The summed E-state index contributed by atoms with van der Waals surface area (Å²) in [6.07, 6.45) is 3.65. The molecule has 0 amide bonds. The molecule has 0 aliphatic heterocycles. The fraction of sp³-hybridized carbons (Fsp3) is 0.333. The second-order valence-electron chi connectivity index (χ2n) is 7.92. The van der Waals surface area contributed by atoms with E-state index in [1.54, 1.807) is 0 Å². The number of hydrogen-bond acceptors (Lipinski definition) is 4. The Morgan fingerprint density at radius 3 is 2.07 bits per heavy atom. The first-order valence-corrected chi connectivity index (χ1v) is 10.0. The summed E-state index contributed by atoms with van der Waals surface area (Å²) in [6, 6.07) is 17.1.